The largest absolute Gasteiger partial charge is 0.338 e. The summed E-state index contributed by atoms with van der Waals surface area (Å²) in [6.07, 6.45) is 1.66. The van der Waals surface area contributed by atoms with Crippen molar-refractivity contribution in [1.82, 2.24) is 20.4 Å². The van der Waals surface area contributed by atoms with Crippen LogP contribution in [0.25, 0.3) is 0 Å². The van der Waals surface area contributed by atoms with Gasteiger partial charge in [-0.05, 0) is 6.42 Å². The average Bonchev–Trinajstić information content (AvgIpc) is 2.57. The van der Waals surface area contributed by atoms with E-state index in [9.17, 15) is 24.0 Å². The van der Waals surface area contributed by atoms with Crippen molar-refractivity contribution in [3.05, 3.63) is 0 Å². The van der Waals surface area contributed by atoms with E-state index in [4.69, 9.17) is 0 Å². The van der Waals surface area contributed by atoms with Crippen LogP contribution in [0.2, 0.25) is 0 Å². The monoisotopic (exact) mass is 284 g/mol. The fourth-order valence-corrected chi connectivity index (χ4v) is 1.49. The highest BCUT2D eigenvalue weighted by molar-refractivity contribution is 6.44. The average molecular weight is 284 g/mol. The third-order valence-corrected chi connectivity index (χ3v) is 2.62. The number of amides is 7. The topological polar surface area (TPSA) is 116 Å². The van der Waals surface area contributed by atoms with Crippen molar-refractivity contribution >= 4 is 29.8 Å². The molecule has 0 radical (unpaired) electrons. The van der Waals surface area contributed by atoms with Crippen molar-refractivity contribution in [3.63, 3.8) is 0 Å². The van der Waals surface area contributed by atoms with Crippen LogP contribution in [0.4, 0.5) is 9.59 Å². The number of hydrogen-bond acceptors (Lipinski definition) is 5. The number of likely N-dealkylation sites (N-methyl/N-ethyl adjacent to an activating group) is 1. The zero-order chi connectivity index (χ0) is 15.3. The van der Waals surface area contributed by atoms with Crippen molar-refractivity contribution in [1.29, 1.82) is 0 Å². The Balaban J connectivity index is 2.47. The summed E-state index contributed by atoms with van der Waals surface area (Å²) in [5, 5.41) is 4.41. The Morgan fingerprint density at radius 3 is 2.30 bits per heavy atom. The van der Waals surface area contributed by atoms with Crippen LogP contribution in [0, 0.1) is 0 Å². The van der Waals surface area contributed by atoms with Gasteiger partial charge in [0.25, 0.3) is 0 Å². The summed E-state index contributed by atoms with van der Waals surface area (Å²) in [4.78, 5) is 58.0. The molecule has 0 aromatic carbocycles. The lowest BCUT2D eigenvalue weighted by Crippen LogP contribution is -2.46. The highest BCUT2D eigenvalue weighted by Crippen LogP contribution is 2.08. The molecule has 1 heterocycles. The standard InChI is InChI=1S/C11H16N4O5/c1-3-4-5-12-10(19)13-7(16)6-15-9(18)8(17)14(2)11(15)20/h3-6H2,1-2H3,(H2,12,13,16,19). The van der Waals surface area contributed by atoms with Crippen LogP contribution >= 0.6 is 0 Å². The molecule has 0 atom stereocenters. The molecule has 1 fully saturated rings. The molecule has 2 N–H and O–H groups in total. The summed E-state index contributed by atoms with van der Waals surface area (Å²) < 4.78 is 0. The van der Waals surface area contributed by atoms with E-state index < -0.39 is 36.3 Å². The molecule has 0 spiro atoms. The summed E-state index contributed by atoms with van der Waals surface area (Å²) >= 11 is 0. The predicted molar refractivity (Wildman–Crippen MR) is 66.3 cm³/mol. The molecule has 0 saturated carbocycles. The van der Waals surface area contributed by atoms with Gasteiger partial charge < -0.3 is 5.32 Å². The molecule has 0 bridgehead atoms. The second-order valence-electron chi connectivity index (χ2n) is 4.20. The molecule has 0 aromatic rings. The van der Waals surface area contributed by atoms with Crippen LogP contribution in [-0.4, -0.2) is 59.7 Å². The van der Waals surface area contributed by atoms with Crippen LogP contribution in [0.3, 0.4) is 0 Å². The molecule has 1 aliphatic rings. The second kappa shape index (κ2) is 6.64. The number of carbonyl (C=O) groups is 5. The lowest BCUT2D eigenvalue weighted by molar-refractivity contribution is -0.143. The number of imide groups is 3. The molecule has 0 aliphatic carbocycles. The van der Waals surface area contributed by atoms with E-state index in [1.54, 1.807) is 0 Å². The first kappa shape index (κ1) is 15.6. The second-order valence-corrected chi connectivity index (χ2v) is 4.20. The van der Waals surface area contributed by atoms with Gasteiger partial charge in [-0.1, -0.05) is 13.3 Å². The molecule has 110 valence electrons. The summed E-state index contributed by atoms with van der Waals surface area (Å²) in [5.41, 5.74) is 0. The molecule has 9 nitrogen and oxygen atoms in total. The van der Waals surface area contributed by atoms with Crippen LogP contribution in [-0.2, 0) is 14.4 Å². The van der Waals surface area contributed by atoms with Crippen LogP contribution in [0.1, 0.15) is 19.8 Å². The maximum Gasteiger partial charge on any atom is 0.334 e. The van der Waals surface area contributed by atoms with Crippen molar-refractivity contribution in [2.45, 2.75) is 19.8 Å². The molecule has 1 aliphatic heterocycles. The number of hydrogen-bond donors (Lipinski definition) is 2. The zero-order valence-corrected chi connectivity index (χ0v) is 11.3. The minimum Gasteiger partial charge on any atom is -0.338 e. The molecule has 0 unspecified atom stereocenters. The van der Waals surface area contributed by atoms with Crippen LogP contribution in [0.15, 0.2) is 0 Å². The van der Waals surface area contributed by atoms with E-state index >= 15 is 0 Å². The Bertz CT molecular complexity index is 462. The summed E-state index contributed by atoms with van der Waals surface area (Å²) in [6, 6.07) is -1.59. The Hall–Kier alpha value is -2.45. The van der Waals surface area contributed by atoms with Gasteiger partial charge in [0.1, 0.15) is 6.54 Å². The van der Waals surface area contributed by atoms with Crippen LogP contribution in [0.5, 0.6) is 0 Å². The highest BCUT2D eigenvalue weighted by Gasteiger charge is 2.43. The molecule has 7 amide bonds. The predicted octanol–water partition coefficient (Wildman–Crippen LogP) is -0.967. The Kier molecular flexibility index (Phi) is 5.18. The van der Waals surface area contributed by atoms with E-state index in [0.717, 1.165) is 19.9 Å². The number of rotatable bonds is 5. The van der Waals surface area contributed by atoms with Crippen molar-refractivity contribution in [2.24, 2.45) is 0 Å². The summed E-state index contributed by atoms with van der Waals surface area (Å²) in [6.45, 7) is 1.69. The van der Waals surface area contributed by atoms with E-state index in [1.807, 2.05) is 12.2 Å². The minimum atomic E-state index is -1.08. The van der Waals surface area contributed by atoms with Crippen molar-refractivity contribution in [3.8, 4) is 0 Å². The third-order valence-electron chi connectivity index (χ3n) is 2.62. The van der Waals surface area contributed by atoms with Gasteiger partial charge >= 0.3 is 23.9 Å². The smallest absolute Gasteiger partial charge is 0.334 e. The van der Waals surface area contributed by atoms with E-state index in [2.05, 4.69) is 5.32 Å². The molecule has 1 saturated heterocycles. The highest BCUT2D eigenvalue weighted by atomic mass is 16.2. The van der Waals surface area contributed by atoms with Gasteiger partial charge in [-0.3, -0.25) is 24.6 Å². The van der Waals surface area contributed by atoms with E-state index in [0.29, 0.717) is 16.3 Å². The lowest BCUT2D eigenvalue weighted by Gasteiger charge is -2.12. The number of nitrogens with zero attached hydrogens (tertiary/aromatic N) is 2. The first-order valence-electron chi connectivity index (χ1n) is 6.09. The fraction of sp³-hybridized carbons (Fsp3) is 0.545. The summed E-state index contributed by atoms with van der Waals surface area (Å²) in [5.74, 6) is -2.93. The minimum absolute atomic E-state index is 0.415. The van der Waals surface area contributed by atoms with Gasteiger partial charge in [-0.2, -0.15) is 0 Å². The van der Waals surface area contributed by atoms with Crippen molar-refractivity contribution < 1.29 is 24.0 Å². The number of nitrogens with one attached hydrogen (secondary N) is 2. The maximum absolute atomic E-state index is 11.5. The molecule has 1 rings (SSSR count). The Morgan fingerprint density at radius 2 is 1.80 bits per heavy atom. The Morgan fingerprint density at radius 1 is 1.15 bits per heavy atom. The summed E-state index contributed by atoms with van der Waals surface area (Å²) in [7, 11) is 1.14. The SMILES string of the molecule is CCCCNC(=O)NC(=O)CN1C(=O)C(=O)N(C)C1=O. The first-order chi connectivity index (χ1) is 9.38. The van der Waals surface area contributed by atoms with Gasteiger partial charge in [0.05, 0.1) is 0 Å². The van der Waals surface area contributed by atoms with Gasteiger partial charge in [-0.15, -0.1) is 0 Å². The van der Waals surface area contributed by atoms with Gasteiger partial charge in [-0.25, -0.2) is 14.5 Å². The first-order valence-corrected chi connectivity index (χ1v) is 6.09. The lowest BCUT2D eigenvalue weighted by atomic mass is 10.3. The molecule has 0 aromatic heterocycles. The zero-order valence-electron chi connectivity index (χ0n) is 11.3. The van der Waals surface area contributed by atoms with E-state index in [1.165, 1.54) is 0 Å². The Labute approximate surface area is 115 Å². The quantitative estimate of drug-likeness (QED) is 0.383. The number of urea groups is 2. The third kappa shape index (κ3) is 3.53. The van der Waals surface area contributed by atoms with Crippen molar-refractivity contribution in [2.75, 3.05) is 20.1 Å². The molecular formula is C11H16N4O5. The van der Waals surface area contributed by atoms with Gasteiger partial charge in [0.15, 0.2) is 0 Å². The normalized spacial score (nSPS) is 14.8. The van der Waals surface area contributed by atoms with Gasteiger partial charge in [0, 0.05) is 13.6 Å². The molecular weight excluding hydrogens is 268 g/mol. The fourth-order valence-electron chi connectivity index (χ4n) is 1.49. The molecule has 9 heteroatoms. The molecule has 20 heavy (non-hydrogen) atoms. The van der Waals surface area contributed by atoms with Gasteiger partial charge in [0.2, 0.25) is 5.91 Å². The number of carbonyl (C=O) groups excluding carboxylic acids is 5. The number of unbranched alkanes of at least 4 members (excludes halogenated alkanes) is 1. The van der Waals surface area contributed by atoms with E-state index in [-0.39, 0.29) is 0 Å². The maximum atomic E-state index is 11.5. The van der Waals surface area contributed by atoms with Crippen LogP contribution < -0.4 is 10.6 Å².